The number of carboxylic acid groups (broad SMARTS) is 1. The molecular weight excluding hydrogens is 224 g/mol. The van der Waals surface area contributed by atoms with E-state index in [1.54, 1.807) is 0 Å². The largest absolute Gasteiger partial charge is 0.480 e. The van der Waals surface area contributed by atoms with Crippen LogP contribution in [0.5, 0.6) is 0 Å². The minimum absolute atomic E-state index is 0.101. The lowest BCUT2D eigenvalue weighted by Crippen LogP contribution is -2.53. The van der Waals surface area contributed by atoms with Crippen molar-refractivity contribution in [2.45, 2.75) is 38.8 Å². The number of carbonyl (C=O) groups is 1. The second-order valence-electron chi connectivity index (χ2n) is 5.14. The fourth-order valence-electron chi connectivity index (χ4n) is 2.16. The van der Waals surface area contributed by atoms with Gasteiger partial charge in [-0.25, -0.2) is 0 Å². The Morgan fingerprint density at radius 2 is 2.38 bits per heavy atom. The molecule has 1 heterocycles. The molecule has 1 saturated heterocycles. The summed E-state index contributed by atoms with van der Waals surface area (Å²) in [6.45, 7) is 4.37. The molecule has 2 rings (SSSR count). The maximum absolute atomic E-state index is 11.0. The molecule has 0 saturated carbocycles. The molecule has 1 aliphatic carbocycles. The van der Waals surface area contributed by atoms with Gasteiger partial charge >= 0.3 is 5.97 Å². The molecule has 2 unspecified atom stereocenters. The third-order valence-electron chi connectivity index (χ3n) is 3.06. The topological polar surface area (TPSA) is 73.2 Å². The second-order valence-corrected chi connectivity index (χ2v) is 6.25. The smallest absolute Gasteiger partial charge is 0.327 e. The summed E-state index contributed by atoms with van der Waals surface area (Å²) in [5.74, 6) is -0.958. The number of rotatable bonds is 1. The van der Waals surface area contributed by atoms with E-state index in [0.29, 0.717) is 0 Å². The van der Waals surface area contributed by atoms with Crippen LogP contribution in [-0.4, -0.2) is 28.2 Å². The van der Waals surface area contributed by atoms with Crippen LogP contribution in [0.1, 0.15) is 26.7 Å². The average Bonchev–Trinajstić information content (AvgIpc) is 2.16. The van der Waals surface area contributed by atoms with E-state index in [9.17, 15) is 4.79 Å². The molecule has 0 bridgehead atoms. The van der Waals surface area contributed by atoms with Crippen molar-refractivity contribution in [1.29, 1.82) is 5.41 Å². The summed E-state index contributed by atoms with van der Waals surface area (Å²) in [6, 6.07) is -0.731. The maximum Gasteiger partial charge on any atom is 0.327 e. The van der Waals surface area contributed by atoms with E-state index < -0.39 is 12.0 Å². The van der Waals surface area contributed by atoms with Crippen molar-refractivity contribution in [3.8, 4) is 0 Å². The summed E-state index contributed by atoms with van der Waals surface area (Å²) in [5, 5.41) is 19.9. The number of hydrogen-bond donors (Lipinski definition) is 3. The summed E-state index contributed by atoms with van der Waals surface area (Å²) in [7, 11) is 0. The predicted octanol–water partition coefficient (Wildman–Crippen LogP) is 1.83. The molecule has 0 aromatic heterocycles. The van der Waals surface area contributed by atoms with Crippen molar-refractivity contribution >= 4 is 22.8 Å². The van der Waals surface area contributed by atoms with Gasteiger partial charge in [-0.3, -0.25) is 15.5 Å². The Hall–Kier alpha value is -0.810. The SMILES string of the molecule is CC1(C)CC=C2SC(=N)C(C(=O)O)NC2C1. The molecule has 0 aromatic rings. The fraction of sp³-hybridized carbons (Fsp3) is 0.636. The van der Waals surface area contributed by atoms with Gasteiger partial charge in [0.05, 0.1) is 5.04 Å². The Bertz CT molecular complexity index is 376. The van der Waals surface area contributed by atoms with Gasteiger partial charge in [0.1, 0.15) is 0 Å². The lowest BCUT2D eigenvalue weighted by molar-refractivity contribution is -0.137. The number of thioether (sulfide) groups is 1. The summed E-state index contributed by atoms with van der Waals surface area (Å²) >= 11 is 1.31. The summed E-state index contributed by atoms with van der Waals surface area (Å²) < 4.78 is 0. The van der Waals surface area contributed by atoms with Gasteiger partial charge in [-0.1, -0.05) is 31.7 Å². The second kappa shape index (κ2) is 3.89. The standard InChI is InChI=1S/C11H16N2O2S/c1-11(2)4-3-7-6(5-11)13-8(10(14)15)9(12)16-7/h3,6,8,12-13H,4-5H2,1-2H3,(H,14,15). The van der Waals surface area contributed by atoms with E-state index in [1.807, 2.05) is 0 Å². The zero-order chi connectivity index (χ0) is 11.9. The molecule has 1 aliphatic heterocycles. The van der Waals surface area contributed by atoms with Crippen LogP contribution in [0.4, 0.5) is 0 Å². The van der Waals surface area contributed by atoms with Crippen molar-refractivity contribution < 1.29 is 9.90 Å². The molecule has 1 fully saturated rings. The van der Waals surface area contributed by atoms with Crippen LogP contribution in [0.15, 0.2) is 11.0 Å². The Balaban J connectivity index is 2.20. The first-order valence-electron chi connectivity index (χ1n) is 5.34. The molecule has 5 heteroatoms. The van der Waals surface area contributed by atoms with Crippen LogP contribution in [0.25, 0.3) is 0 Å². The number of hydrogen-bond acceptors (Lipinski definition) is 4. The maximum atomic E-state index is 11.0. The summed E-state index contributed by atoms with van der Waals surface area (Å²) in [4.78, 5) is 12.1. The molecule has 0 spiro atoms. The number of nitrogens with one attached hydrogen (secondary N) is 2. The van der Waals surface area contributed by atoms with Gasteiger partial charge in [0.2, 0.25) is 0 Å². The molecular formula is C11H16N2O2S. The van der Waals surface area contributed by atoms with E-state index in [0.717, 1.165) is 17.7 Å². The van der Waals surface area contributed by atoms with Gasteiger partial charge in [0.15, 0.2) is 6.04 Å². The quantitative estimate of drug-likeness (QED) is 0.653. The highest BCUT2D eigenvalue weighted by Gasteiger charge is 2.38. The van der Waals surface area contributed by atoms with Crippen LogP contribution >= 0.6 is 11.8 Å². The number of fused-ring (bicyclic) bond motifs is 1. The molecule has 4 nitrogen and oxygen atoms in total. The Morgan fingerprint density at radius 1 is 1.69 bits per heavy atom. The zero-order valence-corrected chi connectivity index (χ0v) is 10.2. The van der Waals surface area contributed by atoms with Crippen LogP contribution in [0.2, 0.25) is 0 Å². The van der Waals surface area contributed by atoms with Crippen LogP contribution in [0, 0.1) is 10.8 Å². The zero-order valence-electron chi connectivity index (χ0n) is 9.41. The van der Waals surface area contributed by atoms with E-state index in [1.165, 1.54) is 11.8 Å². The highest BCUT2D eigenvalue weighted by atomic mass is 32.2. The van der Waals surface area contributed by atoms with Crippen molar-refractivity contribution in [2.75, 3.05) is 0 Å². The summed E-state index contributed by atoms with van der Waals surface area (Å²) in [6.07, 6.45) is 4.07. The lowest BCUT2D eigenvalue weighted by atomic mass is 9.78. The molecule has 2 aliphatic rings. The van der Waals surface area contributed by atoms with Gasteiger partial charge < -0.3 is 5.11 Å². The van der Waals surface area contributed by atoms with E-state index in [-0.39, 0.29) is 16.5 Å². The predicted molar refractivity (Wildman–Crippen MR) is 64.8 cm³/mol. The Kier molecular flexibility index (Phi) is 2.84. The van der Waals surface area contributed by atoms with Crippen molar-refractivity contribution in [2.24, 2.45) is 5.41 Å². The average molecular weight is 240 g/mol. The first-order valence-corrected chi connectivity index (χ1v) is 6.16. The number of allylic oxidation sites excluding steroid dienone is 1. The monoisotopic (exact) mass is 240 g/mol. The molecule has 0 radical (unpaired) electrons. The Morgan fingerprint density at radius 3 is 3.00 bits per heavy atom. The van der Waals surface area contributed by atoms with Gasteiger partial charge in [0, 0.05) is 10.9 Å². The van der Waals surface area contributed by atoms with Crippen LogP contribution < -0.4 is 5.32 Å². The number of aliphatic carboxylic acids is 1. The van der Waals surface area contributed by atoms with Gasteiger partial charge in [-0.05, 0) is 18.3 Å². The fourth-order valence-corrected chi connectivity index (χ4v) is 3.16. The minimum Gasteiger partial charge on any atom is -0.480 e. The first kappa shape index (κ1) is 11.7. The summed E-state index contributed by atoms with van der Waals surface area (Å²) in [5.41, 5.74) is 0.213. The van der Waals surface area contributed by atoms with Crippen LogP contribution in [0.3, 0.4) is 0 Å². The first-order chi connectivity index (χ1) is 7.39. The Labute approximate surface area is 99.0 Å². The van der Waals surface area contributed by atoms with Crippen molar-refractivity contribution in [3.63, 3.8) is 0 Å². The molecule has 0 aromatic carbocycles. The van der Waals surface area contributed by atoms with E-state index in [4.69, 9.17) is 10.5 Å². The minimum atomic E-state index is -0.958. The van der Waals surface area contributed by atoms with Gasteiger partial charge in [0.25, 0.3) is 0 Å². The van der Waals surface area contributed by atoms with Crippen molar-refractivity contribution in [3.05, 3.63) is 11.0 Å². The highest BCUT2D eigenvalue weighted by Crippen LogP contribution is 2.41. The van der Waals surface area contributed by atoms with E-state index in [2.05, 4.69) is 25.2 Å². The normalized spacial score (nSPS) is 32.9. The highest BCUT2D eigenvalue weighted by molar-refractivity contribution is 8.17. The third kappa shape index (κ3) is 2.15. The van der Waals surface area contributed by atoms with Gasteiger partial charge in [-0.15, -0.1) is 0 Å². The third-order valence-corrected chi connectivity index (χ3v) is 4.20. The van der Waals surface area contributed by atoms with E-state index >= 15 is 0 Å². The van der Waals surface area contributed by atoms with Crippen LogP contribution in [-0.2, 0) is 4.79 Å². The molecule has 0 amide bonds. The lowest BCUT2D eigenvalue weighted by Gasteiger charge is -2.39. The molecule has 88 valence electrons. The van der Waals surface area contributed by atoms with Gasteiger partial charge in [-0.2, -0.15) is 0 Å². The molecule has 16 heavy (non-hydrogen) atoms. The molecule has 3 N–H and O–H groups in total. The van der Waals surface area contributed by atoms with Crippen molar-refractivity contribution in [1.82, 2.24) is 5.32 Å². The molecule has 2 atom stereocenters. The number of carboxylic acids is 1.